The molecule has 0 amide bonds. The van der Waals surface area contributed by atoms with E-state index < -0.39 is 11.2 Å². The fourth-order valence-corrected chi connectivity index (χ4v) is 3.87. The van der Waals surface area contributed by atoms with Gasteiger partial charge in [-0.15, -0.1) is 0 Å². The molecule has 1 aliphatic heterocycles. The zero-order valence-corrected chi connectivity index (χ0v) is 12.5. The van der Waals surface area contributed by atoms with Gasteiger partial charge in [-0.2, -0.15) is 0 Å². The van der Waals surface area contributed by atoms with E-state index in [0.29, 0.717) is 6.04 Å². The number of nitrogens with zero attached hydrogens (tertiary/aromatic N) is 1. The van der Waals surface area contributed by atoms with Crippen LogP contribution in [-0.4, -0.2) is 27.4 Å². The first kappa shape index (κ1) is 12.8. The van der Waals surface area contributed by atoms with Gasteiger partial charge in [-0.1, -0.05) is 27.1 Å². The Morgan fingerprint density at radius 3 is 3.00 bits per heavy atom. The molecule has 2 unspecified atom stereocenters. The van der Waals surface area contributed by atoms with Crippen LogP contribution in [0, 0.1) is 0 Å². The molecule has 0 saturated heterocycles. The Labute approximate surface area is 112 Å². The fraction of sp³-hybridized carbons (Fsp3) is 0.455. The van der Waals surface area contributed by atoms with Gasteiger partial charge in [0.2, 0.25) is 0 Å². The van der Waals surface area contributed by atoms with Crippen molar-refractivity contribution in [3.8, 4) is 0 Å². The lowest BCUT2D eigenvalue weighted by atomic mass is 10.1. The monoisotopic (exact) mass is 319 g/mol. The van der Waals surface area contributed by atoms with E-state index in [1.165, 1.54) is 10.5 Å². The molecule has 0 aliphatic carbocycles. The second-order valence-electron chi connectivity index (χ2n) is 3.87. The van der Waals surface area contributed by atoms with E-state index in [9.17, 15) is 4.55 Å². The first-order chi connectivity index (χ1) is 7.58. The SMILES string of the molecule is CC1c2cc(Br)ccc2SN1CC[S+](C)[O-]. The van der Waals surface area contributed by atoms with Gasteiger partial charge in [0.25, 0.3) is 0 Å². The second-order valence-corrected chi connectivity index (χ2v) is 7.43. The molecular weight excluding hydrogens is 306 g/mol. The number of hydrogen-bond acceptors (Lipinski definition) is 3. The lowest BCUT2D eigenvalue weighted by Gasteiger charge is -2.19. The molecule has 1 heterocycles. The largest absolute Gasteiger partial charge is 0.617 e. The lowest BCUT2D eigenvalue weighted by Crippen LogP contribution is -2.22. The van der Waals surface area contributed by atoms with Crippen LogP contribution in [-0.2, 0) is 11.2 Å². The fourth-order valence-electron chi connectivity index (χ4n) is 1.75. The smallest absolute Gasteiger partial charge is 0.118 e. The minimum atomic E-state index is -0.710. The first-order valence-corrected chi connectivity index (χ1v) is 8.41. The van der Waals surface area contributed by atoms with Crippen LogP contribution >= 0.6 is 27.9 Å². The van der Waals surface area contributed by atoms with Crippen molar-refractivity contribution >= 4 is 39.1 Å². The molecule has 0 spiro atoms. The number of benzene rings is 1. The molecule has 0 N–H and O–H groups in total. The molecule has 16 heavy (non-hydrogen) atoms. The maximum Gasteiger partial charge on any atom is 0.118 e. The molecule has 2 nitrogen and oxygen atoms in total. The summed E-state index contributed by atoms with van der Waals surface area (Å²) in [5.74, 6) is 0.743. The third-order valence-corrected chi connectivity index (χ3v) is 5.22. The van der Waals surface area contributed by atoms with Crippen LogP contribution in [0.15, 0.2) is 27.6 Å². The Morgan fingerprint density at radius 1 is 1.56 bits per heavy atom. The summed E-state index contributed by atoms with van der Waals surface area (Å²) in [6.45, 7) is 3.07. The van der Waals surface area contributed by atoms with Crippen molar-refractivity contribution in [2.45, 2.75) is 17.9 Å². The van der Waals surface area contributed by atoms with Crippen molar-refractivity contribution in [3.05, 3.63) is 28.2 Å². The highest BCUT2D eigenvalue weighted by atomic mass is 79.9. The summed E-state index contributed by atoms with van der Waals surface area (Å²) in [6.07, 6.45) is 1.76. The van der Waals surface area contributed by atoms with E-state index in [4.69, 9.17) is 0 Å². The van der Waals surface area contributed by atoms with Crippen molar-refractivity contribution in [1.29, 1.82) is 0 Å². The van der Waals surface area contributed by atoms with Crippen molar-refractivity contribution in [1.82, 2.24) is 4.31 Å². The lowest BCUT2D eigenvalue weighted by molar-refractivity contribution is 0.413. The summed E-state index contributed by atoms with van der Waals surface area (Å²) < 4.78 is 14.5. The molecule has 0 saturated carbocycles. The molecule has 1 aromatic carbocycles. The third kappa shape index (κ3) is 2.76. The van der Waals surface area contributed by atoms with E-state index in [1.807, 2.05) is 0 Å². The van der Waals surface area contributed by atoms with Gasteiger partial charge >= 0.3 is 0 Å². The minimum absolute atomic E-state index is 0.404. The minimum Gasteiger partial charge on any atom is -0.617 e. The average Bonchev–Trinajstić information content (AvgIpc) is 2.53. The van der Waals surface area contributed by atoms with Gasteiger partial charge in [0, 0.05) is 15.4 Å². The van der Waals surface area contributed by atoms with Gasteiger partial charge in [0.15, 0.2) is 0 Å². The van der Waals surface area contributed by atoms with Crippen LogP contribution in [0.25, 0.3) is 0 Å². The van der Waals surface area contributed by atoms with Crippen LogP contribution in [0.2, 0.25) is 0 Å². The van der Waals surface area contributed by atoms with Gasteiger partial charge in [-0.3, -0.25) is 0 Å². The van der Waals surface area contributed by atoms with E-state index in [1.54, 1.807) is 18.2 Å². The molecule has 1 aliphatic rings. The first-order valence-electron chi connectivity index (χ1n) is 5.12. The second kappa shape index (κ2) is 5.31. The third-order valence-electron chi connectivity index (χ3n) is 2.67. The summed E-state index contributed by atoms with van der Waals surface area (Å²) >= 11 is 4.56. The average molecular weight is 320 g/mol. The molecule has 1 aromatic rings. The van der Waals surface area contributed by atoms with Gasteiger partial charge in [-0.05, 0) is 42.6 Å². The summed E-state index contributed by atoms with van der Waals surface area (Å²) in [4.78, 5) is 1.32. The number of rotatable bonds is 3. The van der Waals surface area contributed by atoms with Crippen molar-refractivity contribution in [3.63, 3.8) is 0 Å². The number of halogens is 1. The van der Waals surface area contributed by atoms with Crippen LogP contribution in [0.3, 0.4) is 0 Å². The zero-order valence-electron chi connectivity index (χ0n) is 9.27. The van der Waals surface area contributed by atoms with E-state index in [0.717, 1.165) is 16.8 Å². The normalized spacial score (nSPS) is 22.1. The number of fused-ring (bicyclic) bond motifs is 1. The van der Waals surface area contributed by atoms with E-state index in [-0.39, 0.29) is 0 Å². The molecule has 0 fully saturated rings. The molecule has 2 rings (SSSR count). The standard InChI is InChI=1S/C11H14BrNOS2/c1-8-10-7-9(12)3-4-11(10)15-13(8)5-6-16(2)14/h3-4,7-8H,5-6H2,1-2H3. The Hall–Kier alpha value is 0.320. The van der Waals surface area contributed by atoms with Crippen LogP contribution in [0.4, 0.5) is 0 Å². The predicted octanol–water partition coefficient (Wildman–Crippen LogP) is 3.21. The van der Waals surface area contributed by atoms with Gasteiger partial charge in [0.05, 0.1) is 12.8 Å². The molecule has 88 valence electrons. The van der Waals surface area contributed by atoms with Crippen molar-refractivity contribution in [2.75, 3.05) is 18.6 Å². The molecule has 0 radical (unpaired) electrons. The van der Waals surface area contributed by atoms with Crippen molar-refractivity contribution in [2.24, 2.45) is 0 Å². The Bertz CT molecular complexity index is 386. The van der Waals surface area contributed by atoms with Crippen LogP contribution < -0.4 is 0 Å². The highest BCUT2D eigenvalue weighted by Gasteiger charge is 2.28. The van der Waals surface area contributed by atoms with Gasteiger partial charge in [0.1, 0.15) is 5.75 Å². The quantitative estimate of drug-likeness (QED) is 0.632. The molecule has 2 atom stereocenters. The van der Waals surface area contributed by atoms with Crippen LogP contribution in [0.1, 0.15) is 18.5 Å². The maximum atomic E-state index is 11.1. The van der Waals surface area contributed by atoms with Crippen molar-refractivity contribution < 1.29 is 4.55 Å². The van der Waals surface area contributed by atoms with Gasteiger partial charge < -0.3 is 4.55 Å². The van der Waals surface area contributed by atoms with Gasteiger partial charge in [-0.25, -0.2) is 4.31 Å². The van der Waals surface area contributed by atoms with E-state index >= 15 is 0 Å². The highest BCUT2D eigenvalue weighted by molar-refractivity contribution is 9.10. The summed E-state index contributed by atoms with van der Waals surface area (Å²) in [5, 5.41) is 0. The summed E-state index contributed by atoms with van der Waals surface area (Å²) in [6, 6.07) is 6.79. The molecule has 5 heteroatoms. The Morgan fingerprint density at radius 2 is 2.31 bits per heavy atom. The highest BCUT2D eigenvalue weighted by Crippen LogP contribution is 2.44. The topological polar surface area (TPSA) is 26.3 Å². The van der Waals surface area contributed by atoms with Crippen LogP contribution in [0.5, 0.6) is 0 Å². The maximum absolute atomic E-state index is 11.1. The molecular formula is C11H14BrNOS2. The predicted molar refractivity (Wildman–Crippen MR) is 74.1 cm³/mol. The Kier molecular flexibility index (Phi) is 4.24. The number of hydrogen-bond donors (Lipinski definition) is 0. The summed E-state index contributed by atoms with van der Waals surface area (Å²) in [5.41, 5.74) is 1.36. The molecule has 0 aromatic heterocycles. The summed E-state index contributed by atoms with van der Waals surface area (Å²) in [7, 11) is 0. The molecule has 0 bridgehead atoms. The zero-order chi connectivity index (χ0) is 11.7. The Balaban J connectivity index is 2.08. The van der Waals surface area contributed by atoms with E-state index in [2.05, 4.69) is 45.4 Å².